The maximum Gasteiger partial charge on any atom is 0.251 e. The fourth-order valence-corrected chi connectivity index (χ4v) is 3.97. The Morgan fingerprint density at radius 2 is 1.58 bits per heavy atom. The van der Waals surface area contributed by atoms with Crippen molar-refractivity contribution in [2.75, 3.05) is 24.5 Å². The van der Waals surface area contributed by atoms with Crippen LogP contribution in [-0.4, -0.2) is 25.5 Å². The summed E-state index contributed by atoms with van der Waals surface area (Å²) in [7, 11) is 0. The molecule has 3 heteroatoms. The molecule has 0 aliphatic carbocycles. The molecule has 0 saturated carbocycles. The first kappa shape index (κ1) is 18.5. The third kappa shape index (κ3) is 4.46. The molecule has 0 spiro atoms. The van der Waals surface area contributed by atoms with Crippen molar-refractivity contribution in [1.82, 2.24) is 5.32 Å². The molecule has 26 heavy (non-hydrogen) atoms. The van der Waals surface area contributed by atoms with Gasteiger partial charge >= 0.3 is 0 Å². The highest BCUT2D eigenvalue weighted by Gasteiger charge is 2.13. The Morgan fingerprint density at radius 3 is 2.19 bits per heavy atom. The van der Waals surface area contributed by atoms with E-state index in [1.165, 1.54) is 49.2 Å². The Balaban J connectivity index is 1.54. The topological polar surface area (TPSA) is 32.3 Å². The van der Waals surface area contributed by atoms with Crippen molar-refractivity contribution < 1.29 is 4.79 Å². The van der Waals surface area contributed by atoms with Gasteiger partial charge in [0.15, 0.2) is 0 Å². The monoisotopic (exact) mass is 350 g/mol. The summed E-state index contributed by atoms with van der Waals surface area (Å²) >= 11 is 0. The minimum Gasteiger partial charge on any atom is -0.372 e. The van der Waals surface area contributed by atoms with Gasteiger partial charge in [-0.25, -0.2) is 0 Å². The second kappa shape index (κ2) is 8.39. The third-order valence-corrected chi connectivity index (χ3v) is 5.26. The van der Waals surface area contributed by atoms with Crippen LogP contribution in [0.15, 0.2) is 36.4 Å². The van der Waals surface area contributed by atoms with E-state index >= 15 is 0 Å². The number of hydrogen-bond acceptors (Lipinski definition) is 2. The van der Waals surface area contributed by atoms with Crippen LogP contribution in [0.5, 0.6) is 0 Å². The van der Waals surface area contributed by atoms with Crippen molar-refractivity contribution >= 4 is 11.6 Å². The molecule has 0 unspecified atom stereocenters. The van der Waals surface area contributed by atoms with Gasteiger partial charge < -0.3 is 10.2 Å². The number of nitrogens with zero attached hydrogens (tertiary/aromatic N) is 1. The lowest BCUT2D eigenvalue weighted by molar-refractivity contribution is 0.0953. The van der Waals surface area contributed by atoms with Gasteiger partial charge in [-0.1, -0.05) is 29.8 Å². The highest BCUT2D eigenvalue weighted by molar-refractivity contribution is 5.97. The molecule has 0 aromatic heterocycles. The van der Waals surface area contributed by atoms with Crippen LogP contribution >= 0.6 is 0 Å². The molecule has 2 aromatic carbocycles. The molecule has 0 bridgehead atoms. The zero-order valence-corrected chi connectivity index (χ0v) is 16.3. The number of piperidine rings is 1. The predicted octanol–water partition coefficient (Wildman–Crippen LogP) is 4.57. The van der Waals surface area contributed by atoms with Gasteiger partial charge in [-0.05, 0) is 75.3 Å². The van der Waals surface area contributed by atoms with E-state index in [1.54, 1.807) is 0 Å². The van der Waals surface area contributed by atoms with Crippen LogP contribution in [0.25, 0.3) is 0 Å². The van der Waals surface area contributed by atoms with Gasteiger partial charge in [0.1, 0.15) is 0 Å². The number of carbonyl (C=O) groups excluding carboxylic acids is 1. The molecule has 3 nitrogen and oxygen atoms in total. The van der Waals surface area contributed by atoms with E-state index in [4.69, 9.17) is 0 Å². The van der Waals surface area contributed by atoms with E-state index in [0.717, 1.165) is 23.1 Å². The summed E-state index contributed by atoms with van der Waals surface area (Å²) in [5.41, 5.74) is 6.70. The molecule has 1 fully saturated rings. The van der Waals surface area contributed by atoms with E-state index in [1.807, 2.05) is 13.8 Å². The first-order valence-electron chi connectivity index (χ1n) is 9.74. The molecule has 0 radical (unpaired) electrons. The minimum atomic E-state index is 0.0323. The molecule has 0 atom stereocenters. The summed E-state index contributed by atoms with van der Waals surface area (Å²) in [6.07, 6.45) is 4.81. The van der Waals surface area contributed by atoms with Gasteiger partial charge in [-0.2, -0.15) is 0 Å². The van der Waals surface area contributed by atoms with Crippen LogP contribution in [-0.2, 0) is 6.42 Å². The molecular weight excluding hydrogens is 320 g/mol. The highest BCUT2D eigenvalue weighted by atomic mass is 16.1. The van der Waals surface area contributed by atoms with Gasteiger partial charge in [-0.15, -0.1) is 0 Å². The van der Waals surface area contributed by atoms with Crippen LogP contribution in [0.4, 0.5) is 5.69 Å². The van der Waals surface area contributed by atoms with E-state index in [-0.39, 0.29) is 5.91 Å². The lowest BCUT2D eigenvalue weighted by atomic mass is 9.99. The zero-order valence-electron chi connectivity index (χ0n) is 16.3. The van der Waals surface area contributed by atoms with Crippen molar-refractivity contribution in [3.63, 3.8) is 0 Å². The van der Waals surface area contributed by atoms with E-state index in [9.17, 15) is 4.79 Å². The summed E-state index contributed by atoms with van der Waals surface area (Å²) in [4.78, 5) is 15.0. The van der Waals surface area contributed by atoms with Crippen molar-refractivity contribution in [2.24, 2.45) is 0 Å². The smallest absolute Gasteiger partial charge is 0.251 e. The fraction of sp³-hybridized carbons (Fsp3) is 0.435. The Hall–Kier alpha value is -2.29. The van der Waals surface area contributed by atoms with Gasteiger partial charge in [0, 0.05) is 30.9 Å². The summed E-state index contributed by atoms with van der Waals surface area (Å²) in [6, 6.07) is 13.0. The summed E-state index contributed by atoms with van der Waals surface area (Å²) < 4.78 is 0. The number of carbonyl (C=O) groups is 1. The average Bonchev–Trinajstić information content (AvgIpc) is 2.62. The predicted molar refractivity (Wildman–Crippen MR) is 109 cm³/mol. The number of nitrogens with one attached hydrogen (secondary N) is 1. The second-order valence-corrected chi connectivity index (χ2v) is 7.49. The molecule has 1 aliphatic rings. The lowest BCUT2D eigenvalue weighted by Gasteiger charge is -2.28. The first-order valence-corrected chi connectivity index (χ1v) is 9.74. The van der Waals surface area contributed by atoms with Crippen molar-refractivity contribution in [1.29, 1.82) is 0 Å². The zero-order chi connectivity index (χ0) is 18.5. The molecule has 3 rings (SSSR count). The van der Waals surface area contributed by atoms with Gasteiger partial charge in [0.05, 0.1) is 0 Å². The quantitative estimate of drug-likeness (QED) is 0.856. The fourth-order valence-electron chi connectivity index (χ4n) is 3.97. The van der Waals surface area contributed by atoms with Crippen molar-refractivity contribution in [3.05, 3.63) is 64.2 Å². The first-order chi connectivity index (χ1) is 12.5. The Morgan fingerprint density at radius 1 is 0.962 bits per heavy atom. The maximum absolute atomic E-state index is 12.5. The lowest BCUT2D eigenvalue weighted by Crippen LogP contribution is -2.29. The summed E-state index contributed by atoms with van der Waals surface area (Å²) in [6.45, 7) is 9.08. The number of rotatable bonds is 5. The Kier molecular flexibility index (Phi) is 5.97. The van der Waals surface area contributed by atoms with Crippen LogP contribution in [0.3, 0.4) is 0 Å². The Labute approximate surface area is 157 Å². The number of benzene rings is 2. The maximum atomic E-state index is 12.5. The van der Waals surface area contributed by atoms with Crippen LogP contribution in [0.1, 0.15) is 51.9 Å². The largest absolute Gasteiger partial charge is 0.372 e. The second-order valence-electron chi connectivity index (χ2n) is 7.49. The molecule has 138 valence electrons. The van der Waals surface area contributed by atoms with Crippen LogP contribution in [0, 0.1) is 20.8 Å². The van der Waals surface area contributed by atoms with E-state index in [2.05, 4.69) is 53.5 Å². The molecule has 1 saturated heterocycles. The highest BCUT2D eigenvalue weighted by Crippen LogP contribution is 2.20. The van der Waals surface area contributed by atoms with E-state index in [0.29, 0.717) is 6.54 Å². The standard InChI is InChI=1S/C23H30N2O/c1-17-15-18(2)22(19(3)16-17)23(26)24-12-11-20-7-9-21(10-8-20)25-13-5-4-6-14-25/h7-10,15-16H,4-6,11-14H2,1-3H3,(H,24,26). The van der Waals surface area contributed by atoms with Gasteiger partial charge in [-0.3, -0.25) is 4.79 Å². The van der Waals surface area contributed by atoms with Crippen molar-refractivity contribution in [2.45, 2.75) is 46.5 Å². The third-order valence-electron chi connectivity index (χ3n) is 5.26. The SMILES string of the molecule is Cc1cc(C)c(C(=O)NCCc2ccc(N3CCCCC3)cc2)c(C)c1. The number of amides is 1. The molecule has 1 heterocycles. The number of anilines is 1. The van der Waals surface area contributed by atoms with Crippen LogP contribution in [0.2, 0.25) is 0 Å². The Bertz CT molecular complexity index is 735. The summed E-state index contributed by atoms with van der Waals surface area (Å²) in [5.74, 6) is 0.0323. The molecule has 1 N–H and O–H groups in total. The minimum absolute atomic E-state index is 0.0323. The number of hydrogen-bond donors (Lipinski definition) is 1. The molecule has 1 aliphatic heterocycles. The van der Waals surface area contributed by atoms with Crippen molar-refractivity contribution in [3.8, 4) is 0 Å². The van der Waals surface area contributed by atoms with Gasteiger partial charge in [0.2, 0.25) is 0 Å². The average molecular weight is 351 g/mol. The van der Waals surface area contributed by atoms with Crippen LogP contribution < -0.4 is 10.2 Å². The summed E-state index contributed by atoms with van der Waals surface area (Å²) in [5, 5.41) is 3.08. The van der Waals surface area contributed by atoms with E-state index < -0.39 is 0 Å². The van der Waals surface area contributed by atoms with Gasteiger partial charge in [0.25, 0.3) is 5.91 Å². The molecule has 1 amide bonds. The normalized spacial score (nSPS) is 14.3. The number of aryl methyl sites for hydroxylation is 3. The molecular formula is C23H30N2O. The molecule has 2 aromatic rings.